The van der Waals surface area contributed by atoms with Crippen molar-refractivity contribution in [2.24, 2.45) is 0 Å². The van der Waals surface area contributed by atoms with Crippen LogP contribution in [0.1, 0.15) is 69.1 Å². The van der Waals surface area contributed by atoms with Crippen LogP contribution in [-0.4, -0.2) is 15.7 Å². The summed E-state index contributed by atoms with van der Waals surface area (Å²) in [6, 6.07) is 47.4. The van der Waals surface area contributed by atoms with Crippen LogP contribution in [0, 0.1) is 0 Å². The Balaban J connectivity index is 1.23. The van der Waals surface area contributed by atoms with Crippen LogP contribution < -0.4 is 9.64 Å². The van der Waals surface area contributed by atoms with Crippen molar-refractivity contribution in [2.75, 3.05) is 11.4 Å². The zero-order chi connectivity index (χ0) is 34.5. The molecular formula is C47H45N3O. The molecule has 254 valence electrons. The molecule has 0 spiro atoms. The lowest BCUT2D eigenvalue weighted by Gasteiger charge is -2.33. The molecule has 4 nitrogen and oxygen atoms in total. The normalized spacial score (nSPS) is 12.7. The van der Waals surface area contributed by atoms with Crippen LogP contribution in [-0.2, 0) is 13.1 Å². The van der Waals surface area contributed by atoms with Gasteiger partial charge in [-0.25, -0.2) is 0 Å². The van der Waals surface area contributed by atoms with Crippen molar-refractivity contribution < 1.29 is 4.74 Å². The molecule has 3 heterocycles. The van der Waals surface area contributed by atoms with E-state index in [1.54, 1.807) is 0 Å². The van der Waals surface area contributed by atoms with Gasteiger partial charge in [0.15, 0.2) is 11.5 Å². The fraction of sp³-hybridized carbons (Fsp3) is 0.234. The van der Waals surface area contributed by atoms with Crippen LogP contribution in [0.4, 0.5) is 11.4 Å². The molecule has 0 saturated carbocycles. The van der Waals surface area contributed by atoms with Gasteiger partial charge in [-0.2, -0.15) is 0 Å². The van der Waals surface area contributed by atoms with Gasteiger partial charge in [0, 0.05) is 69.2 Å². The second-order valence-corrected chi connectivity index (χ2v) is 14.0. The number of aromatic nitrogens is 2. The second kappa shape index (κ2) is 13.0. The van der Waals surface area contributed by atoms with Crippen LogP contribution in [0.3, 0.4) is 0 Å². The number of fused-ring (bicyclic) bond motifs is 8. The molecule has 2 aromatic heterocycles. The molecule has 4 heteroatoms. The molecule has 0 saturated heterocycles. The molecule has 1 aliphatic heterocycles. The molecular weight excluding hydrogens is 623 g/mol. The van der Waals surface area contributed by atoms with Crippen LogP contribution in [0.15, 0.2) is 127 Å². The molecule has 51 heavy (non-hydrogen) atoms. The van der Waals surface area contributed by atoms with E-state index in [-0.39, 0.29) is 5.92 Å². The van der Waals surface area contributed by atoms with Gasteiger partial charge in [-0.3, -0.25) is 0 Å². The van der Waals surface area contributed by atoms with Gasteiger partial charge in [0.05, 0.1) is 11.4 Å². The van der Waals surface area contributed by atoms with E-state index in [0.717, 1.165) is 48.9 Å². The molecule has 8 aromatic rings. The largest absolute Gasteiger partial charge is 0.453 e. The van der Waals surface area contributed by atoms with Gasteiger partial charge < -0.3 is 18.8 Å². The first-order valence-electron chi connectivity index (χ1n) is 18.9. The van der Waals surface area contributed by atoms with Gasteiger partial charge in [0.25, 0.3) is 0 Å². The summed E-state index contributed by atoms with van der Waals surface area (Å²) in [5.41, 5.74) is 11.3. The van der Waals surface area contributed by atoms with Crippen LogP contribution in [0.2, 0.25) is 0 Å². The van der Waals surface area contributed by atoms with E-state index in [2.05, 4.69) is 162 Å². The molecule has 9 rings (SSSR count). The molecule has 0 aliphatic carbocycles. The molecule has 0 N–H and O–H groups in total. The van der Waals surface area contributed by atoms with Crippen molar-refractivity contribution in [3.63, 3.8) is 0 Å². The highest BCUT2D eigenvalue weighted by Gasteiger charge is 2.27. The van der Waals surface area contributed by atoms with Crippen molar-refractivity contribution in [1.82, 2.24) is 9.13 Å². The molecule has 0 bridgehead atoms. The van der Waals surface area contributed by atoms with Gasteiger partial charge in [0.2, 0.25) is 0 Å². The lowest BCUT2D eigenvalue weighted by molar-refractivity contribution is 0.471. The quantitative estimate of drug-likeness (QED) is 0.107. The Kier molecular flexibility index (Phi) is 8.03. The van der Waals surface area contributed by atoms with E-state index < -0.39 is 0 Å². The van der Waals surface area contributed by atoms with Crippen molar-refractivity contribution in [3.05, 3.63) is 144 Å². The minimum absolute atomic E-state index is 0.00959. The number of hydrogen-bond donors (Lipinski definition) is 0. The Morgan fingerprint density at radius 2 is 1.00 bits per heavy atom. The van der Waals surface area contributed by atoms with E-state index in [1.807, 2.05) is 0 Å². The minimum atomic E-state index is 0.00959. The Bertz CT molecular complexity index is 2430. The molecule has 0 radical (unpaired) electrons. The topological polar surface area (TPSA) is 22.3 Å². The summed E-state index contributed by atoms with van der Waals surface area (Å²) in [7, 11) is 0. The van der Waals surface area contributed by atoms with Crippen LogP contribution >= 0.6 is 0 Å². The molecule has 6 aromatic carbocycles. The molecule has 0 amide bonds. The van der Waals surface area contributed by atoms with Crippen molar-refractivity contribution >= 4 is 55.0 Å². The number of benzene rings is 6. The number of rotatable bonds is 10. The fourth-order valence-corrected chi connectivity index (χ4v) is 8.73. The van der Waals surface area contributed by atoms with Crippen molar-refractivity contribution in [2.45, 2.75) is 65.5 Å². The van der Waals surface area contributed by atoms with Crippen molar-refractivity contribution in [3.8, 4) is 11.5 Å². The Labute approximate surface area is 300 Å². The van der Waals surface area contributed by atoms with E-state index in [0.29, 0.717) is 0 Å². The average molecular weight is 668 g/mol. The van der Waals surface area contributed by atoms with E-state index in [9.17, 15) is 0 Å². The van der Waals surface area contributed by atoms with Crippen molar-refractivity contribution in [1.29, 1.82) is 0 Å². The maximum Gasteiger partial charge on any atom is 0.151 e. The first kappa shape index (κ1) is 31.5. The van der Waals surface area contributed by atoms with Crippen LogP contribution in [0.25, 0.3) is 43.6 Å². The van der Waals surface area contributed by atoms with Gasteiger partial charge in [-0.1, -0.05) is 92.9 Å². The predicted octanol–water partition coefficient (Wildman–Crippen LogP) is 12.9. The maximum absolute atomic E-state index is 6.74. The third kappa shape index (κ3) is 5.19. The number of hydrogen-bond acceptors (Lipinski definition) is 2. The standard InChI is InChI=1S/C47H45N3O/c1-4-7-8-15-28-50-43-20-13-14-21-45(43)51-46-31-34(24-27-44(46)50)47(32-22-25-41-37(29-32)35-16-9-11-18-39(35)48(41)5-2)33-23-26-42-38(30-33)36-17-10-12-19-40(36)49(42)6-3/h9-14,16-27,29-31,47H,4-8,15,28H2,1-3H3. The lowest BCUT2D eigenvalue weighted by Crippen LogP contribution is -2.22. The highest BCUT2D eigenvalue weighted by Crippen LogP contribution is 2.49. The lowest BCUT2D eigenvalue weighted by atomic mass is 9.83. The van der Waals surface area contributed by atoms with Gasteiger partial charge >= 0.3 is 0 Å². The number of unbranched alkanes of at least 4 members (excludes halogenated alkanes) is 3. The summed E-state index contributed by atoms with van der Waals surface area (Å²) in [6.45, 7) is 9.60. The molecule has 1 aliphatic rings. The molecule has 0 unspecified atom stereocenters. The number of nitrogens with zero attached hydrogens (tertiary/aromatic N) is 3. The number of aryl methyl sites for hydroxylation is 2. The smallest absolute Gasteiger partial charge is 0.151 e. The van der Waals surface area contributed by atoms with E-state index in [1.165, 1.54) is 79.6 Å². The second-order valence-electron chi connectivity index (χ2n) is 14.0. The Morgan fingerprint density at radius 3 is 1.63 bits per heavy atom. The number of ether oxygens (including phenoxy) is 1. The summed E-state index contributed by atoms with van der Waals surface area (Å²) < 4.78 is 11.6. The maximum atomic E-state index is 6.74. The third-order valence-electron chi connectivity index (χ3n) is 11.1. The van der Waals surface area contributed by atoms with Crippen LogP contribution in [0.5, 0.6) is 11.5 Å². The summed E-state index contributed by atoms with van der Waals surface area (Å²) in [5, 5.41) is 5.22. The fourth-order valence-electron chi connectivity index (χ4n) is 8.73. The highest BCUT2D eigenvalue weighted by molar-refractivity contribution is 6.09. The van der Waals surface area contributed by atoms with Gasteiger partial charge in [0.1, 0.15) is 0 Å². The predicted molar refractivity (Wildman–Crippen MR) is 215 cm³/mol. The summed E-state index contributed by atoms with van der Waals surface area (Å²) >= 11 is 0. The van der Waals surface area contributed by atoms with E-state index in [4.69, 9.17) is 4.74 Å². The molecule has 0 fully saturated rings. The minimum Gasteiger partial charge on any atom is -0.453 e. The Hall–Kier alpha value is -5.48. The monoisotopic (exact) mass is 667 g/mol. The first-order valence-corrected chi connectivity index (χ1v) is 18.9. The summed E-state index contributed by atoms with van der Waals surface area (Å²) in [4.78, 5) is 2.47. The summed E-state index contributed by atoms with van der Waals surface area (Å²) in [6.07, 6.45) is 4.89. The van der Waals surface area contributed by atoms with E-state index >= 15 is 0 Å². The third-order valence-corrected chi connectivity index (χ3v) is 11.1. The first-order chi connectivity index (χ1) is 25.2. The summed E-state index contributed by atoms with van der Waals surface area (Å²) in [5.74, 6) is 1.87. The van der Waals surface area contributed by atoms with Gasteiger partial charge in [-0.15, -0.1) is 0 Å². The SMILES string of the molecule is CCCCCCN1c2ccccc2Oc2cc(C(c3ccc4c(c3)c3ccccc3n4CC)c3ccc4c(c3)c3ccccc3n4CC)ccc21. The number of anilines is 2. The zero-order valence-electron chi connectivity index (χ0n) is 29.9. The Morgan fingerprint density at radius 1 is 0.471 bits per heavy atom. The zero-order valence-corrected chi connectivity index (χ0v) is 29.9. The average Bonchev–Trinajstić information content (AvgIpc) is 3.67. The molecule has 0 atom stereocenters. The van der Waals surface area contributed by atoms with Gasteiger partial charge in [-0.05, 0) is 97.6 Å². The number of para-hydroxylation sites is 4. The highest BCUT2D eigenvalue weighted by atomic mass is 16.5.